The summed E-state index contributed by atoms with van der Waals surface area (Å²) >= 11 is 15.0. The first-order chi connectivity index (χ1) is 21.3. The van der Waals surface area contributed by atoms with Gasteiger partial charge in [0.2, 0.25) is 11.8 Å². The highest BCUT2D eigenvalue weighted by Gasteiger charge is 2.59. The molecule has 2 fully saturated rings. The number of hydrogen-bond acceptors (Lipinski definition) is 5. The number of hydrogen-bond donors (Lipinski definition) is 2. The third kappa shape index (κ3) is 6.45. The van der Waals surface area contributed by atoms with Crippen LogP contribution in [0.5, 0.6) is 5.75 Å². The van der Waals surface area contributed by atoms with E-state index in [0.29, 0.717) is 60.3 Å². The van der Waals surface area contributed by atoms with E-state index in [1.165, 1.54) is 0 Å². The van der Waals surface area contributed by atoms with Gasteiger partial charge in [0, 0.05) is 56.7 Å². The average Bonchev–Trinajstić information content (AvgIpc) is 3.24. The fourth-order valence-electron chi connectivity index (χ4n) is 6.93. The molecule has 11 heteroatoms. The molecule has 2 saturated heterocycles. The SMILES string of the molecule is CC(C)(C)OC(=O)N1CCC(Oc2ccc(I)cc2C2NC(=O)[C@@H](C3C=CC=C(Cl)C3)C[C@]23C(=O)Nc2cc(Cl)ccc23)CC1. The second kappa shape index (κ2) is 12.4. The zero-order valence-corrected chi connectivity index (χ0v) is 29.0. The maximum Gasteiger partial charge on any atom is 0.410 e. The molecule has 4 atom stereocenters. The maximum atomic E-state index is 14.2. The summed E-state index contributed by atoms with van der Waals surface area (Å²) in [7, 11) is 0. The fraction of sp³-hybridized carbons (Fsp3) is 0.441. The second-order valence-corrected chi connectivity index (χ2v) is 15.4. The number of ether oxygens (including phenoxy) is 2. The second-order valence-electron chi connectivity index (χ2n) is 13.2. The van der Waals surface area contributed by atoms with Gasteiger partial charge in [0.05, 0.1) is 6.04 Å². The van der Waals surface area contributed by atoms with Crippen LogP contribution in [0, 0.1) is 15.4 Å². The first-order valence-electron chi connectivity index (χ1n) is 15.2. The van der Waals surface area contributed by atoms with E-state index in [9.17, 15) is 14.4 Å². The summed E-state index contributed by atoms with van der Waals surface area (Å²) in [5.74, 6) is -0.333. The molecule has 0 saturated carbocycles. The summed E-state index contributed by atoms with van der Waals surface area (Å²) in [5, 5.41) is 7.55. The highest BCUT2D eigenvalue weighted by atomic mass is 127. The van der Waals surface area contributed by atoms with Crippen molar-refractivity contribution in [1.82, 2.24) is 10.2 Å². The predicted molar refractivity (Wildman–Crippen MR) is 183 cm³/mol. The molecular weight excluding hydrogens is 728 g/mol. The zero-order chi connectivity index (χ0) is 32.1. The van der Waals surface area contributed by atoms with Gasteiger partial charge in [-0.2, -0.15) is 0 Å². The molecule has 3 heterocycles. The van der Waals surface area contributed by atoms with Gasteiger partial charge >= 0.3 is 6.09 Å². The van der Waals surface area contributed by atoms with Gasteiger partial charge in [-0.05, 0) is 104 Å². The molecule has 2 aromatic carbocycles. The Morgan fingerprint density at radius 2 is 1.84 bits per heavy atom. The minimum atomic E-state index is -1.11. The molecule has 0 radical (unpaired) electrons. The topological polar surface area (TPSA) is 97.0 Å². The lowest BCUT2D eigenvalue weighted by molar-refractivity contribution is -0.135. The number of fused-ring (bicyclic) bond motifs is 2. The Balaban J connectivity index is 1.33. The van der Waals surface area contributed by atoms with Crippen LogP contribution in [-0.4, -0.2) is 47.6 Å². The van der Waals surface area contributed by atoms with Crippen LogP contribution in [0.4, 0.5) is 10.5 Å². The Kier molecular flexibility index (Phi) is 8.91. The van der Waals surface area contributed by atoms with Crippen molar-refractivity contribution >= 4 is 69.4 Å². The summed E-state index contributed by atoms with van der Waals surface area (Å²) in [4.78, 5) is 42.5. The molecule has 0 aromatic heterocycles. The molecule has 3 aliphatic heterocycles. The number of anilines is 1. The van der Waals surface area contributed by atoms with Crippen LogP contribution in [0.3, 0.4) is 0 Å². The van der Waals surface area contributed by atoms with E-state index >= 15 is 0 Å². The number of allylic oxidation sites excluding steroid dienone is 4. The highest BCUT2D eigenvalue weighted by Crippen LogP contribution is 2.55. The van der Waals surface area contributed by atoms with Crippen molar-refractivity contribution in [3.05, 3.63) is 79.4 Å². The van der Waals surface area contributed by atoms with E-state index in [4.69, 9.17) is 32.7 Å². The standard InChI is InChI=1S/C34H36Cl2IN3O5/c1-33(2,3)45-32(43)40-13-11-23(12-14-40)44-28-10-8-22(37)17-24(28)29-34(26-9-7-21(36)16-27(26)38-31(34)42)18-25(30(41)39-29)19-5-4-6-20(35)15-19/h4-10,16-17,19,23,25,29H,11-15,18H2,1-3H3,(H,38,42)(H,39,41)/t19?,25-,29?,34-/m1/s1. The van der Waals surface area contributed by atoms with E-state index < -0.39 is 23.0 Å². The monoisotopic (exact) mass is 763 g/mol. The minimum Gasteiger partial charge on any atom is -0.490 e. The van der Waals surface area contributed by atoms with Crippen LogP contribution in [-0.2, 0) is 19.7 Å². The van der Waals surface area contributed by atoms with E-state index in [1.807, 2.05) is 63.3 Å². The van der Waals surface area contributed by atoms with Gasteiger partial charge in [0.15, 0.2) is 0 Å². The van der Waals surface area contributed by atoms with Crippen molar-refractivity contribution in [2.75, 3.05) is 18.4 Å². The normalized spacial score (nSPS) is 26.7. The lowest BCUT2D eigenvalue weighted by atomic mass is 9.62. The summed E-state index contributed by atoms with van der Waals surface area (Å²) in [6.07, 6.45) is 7.31. The number of likely N-dealkylation sites (tertiary alicyclic amines) is 1. The lowest BCUT2D eigenvalue weighted by Crippen LogP contribution is -2.57. The van der Waals surface area contributed by atoms with E-state index in [0.717, 1.165) is 14.7 Å². The smallest absolute Gasteiger partial charge is 0.410 e. The van der Waals surface area contributed by atoms with Crippen LogP contribution >= 0.6 is 45.8 Å². The summed E-state index contributed by atoms with van der Waals surface area (Å²) in [6, 6.07) is 10.6. The third-order valence-corrected chi connectivity index (χ3v) is 10.2. The molecule has 2 unspecified atom stereocenters. The molecule has 3 amide bonds. The number of benzene rings is 2. The molecule has 0 bridgehead atoms. The van der Waals surface area contributed by atoms with Gasteiger partial charge in [0.1, 0.15) is 22.9 Å². The Morgan fingerprint density at radius 1 is 1.09 bits per heavy atom. The Hall–Kier alpha value is -2.76. The number of piperidine rings is 2. The lowest BCUT2D eigenvalue weighted by Gasteiger charge is -2.45. The van der Waals surface area contributed by atoms with Crippen molar-refractivity contribution in [2.45, 2.75) is 69.6 Å². The molecule has 1 spiro atoms. The number of nitrogens with one attached hydrogen (secondary N) is 2. The van der Waals surface area contributed by atoms with Gasteiger partial charge in [-0.15, -0.1) is 0 Å². The molecule has 1 aliphatic carbocycles. The first kappa shape index (κ1) is 32.2. The van der Waals surface area contributed by atoms with Crippen molar-refractivity contribution in [3.8, 4) is 5.75 Å². The molecular formula is C34H36Cl2IN3O5. The van der Waals surface area contributed by atoms with Gasteiger partial charge in [-0.25, -0.2) is 4.79 Å². The zero-order valence-electron chi connectivity index (χ0n) is 25.4. The molecule has 2 N–H and O–H groups in total. The van der Waals surface area contributed by atoms with Gasteiger partial charge in [0.25, 0.3) is 0 Å². The Morgan fingerprint density at radius 3 is 2.56 bits per heavy atom. The number of carbonyl (C=O) groups is 3. The number of halogens is 3. The van der Waals surface area contributed by atoms with Crippen molar-refractivity contribution < 1.29 is 23.9 Å². The average molecular weight is 764 g/mol. The van der Waals surface area contributed by atoms with Crippen molar-refractivity contribution in [2.24, 2.45) is 11.8 Å². The number of amides is 3. The summed E-state index contributed by atoms with van der Waals surface area (Å²) in [5.41, 5.74) is 0.504. The molecule has 45 heavy (non-hydrogen) atoms. The number of carbonyl (C=O) groups excluding carboxylic acids is 3. The fourth-order valence-corrected chi connectivity index (χ4v) is 7.87. The van der Waals surface area contributed by atoms with E-state index in [-0.39, 0.29) is 29.9 Å². The van der Waals surface area contributed by atoms with Crippen LogP contribution < -0.4 is 15.4 Å². The highest BCUT2D eigenvalue weighted by molar-refractivity contribution is 14.1. The van der Waals surface area contributed by atoms with Crippen molar-refractivity contribution in [3.63, 3.8) is 0 Å². The largest absolute Gasteiger partial charge is 0.490 e. The minimum absolute atomic E-state index is 0.127. The van der Waals surface area contributed by atoms with Gasteiger partial charge in [-0.1, -0.05) is 41.4 Å². The number of rotatable bonds is 4. The first-order valence-corrected chi connectivity index (χ1v) is 17.1. The van der Waals surface area contributed by atoms with E-state index in [1.54, 1.807) is 17.0 Å². The quantitative estimate of drug-likeness (QED) is 0.315. The number of nitrogens with zero attached hydrogens (tertiary/aromatic N) is 1. The van der Waals surface area contributed by atoms with Crippen LogP contribution in [0.2, 0.25) is 5.02 Å². The van der Waals surface area contributed by atoms with Crippen LogP contribution in [0.15, 0.2) is 59.7 Å². The third-order valence-electron chi connectivity index (χ3n) is 9.03. The Labute approximate surface area is 287 Å². The van der Waals surface area contributed by atoms with E-state index in [2.05, 4.69) is 33.2 Å². The van der Waals surface area contributed by atoms with Gasteiger partial charge < -0.3 is 25.0 Å². The molecule has 8 nitrogen and oxygen atoms in total. The van der Waals surface area contributed by atoms with Crippen LogP contribution in [0.25, 0.3) is 0 Å². The maximum absolute atomic E-state index is 14.2. The van der Waals surface area contributed by atoms with Crippen LogP contribution in [0.1, 0.15) is 63.6 Å². The Bertz CT molecular complexity index is 1600. The predicted octanol–water partition coefficient (Wildman–Crippen LogP) is 7.49. The summed E-state index contributed by atoms with van der Waals surface area (Å²) < 4.78 is 13.1. The van der Waals surface area contributed by atoms with Gasteiger partial charge in [-0.3, -0.25) is 9.59 Å². The molecule has 238 valence electrons. The summed E-state index contributed by atoms with van der Waals surface area (Å²) in [6.45, 7) is 6.58. The van der Waals surface area contributed by atoms with Crippen molar-refractivity contribution in [1.29, 1.82) is 0 Å². The molecule has 6 rings (SSSR count). The molecule has 2 aromatic rings. The molecule has 4 aliphatic rings.